The van der Waals surface area contributed by atoms with Crippen LogP contribution in [0, 0.1) is 0 Å². The highest BCUT2D eigenvalue weighted by atomic mass is 32.1. The molecule has 1 aliphatic heterocycles. The van der Waals surface area contributed by atoms with Crippen LogP contribution in [0.4, 0.5) is 0 Å². The van der Waals surface area contributed by atoms with E-state index >= 15 is 0 Å². The van der Waals surface area contributed by atoms with Crippen LogP contribution < -0.4 is 0 Å². The van der Waals surface area contributed by atoms with Crippen LogP contribution in [0.2, 0.25) is 0 Å². The molecule has 0 saturated heterocycles. The Labute approximate surface area is 817 Å². The van der Waals surface area contributed by atoms with Crippen molar-refractivity contribution in [1.82, 2.24) is 119 Å². The topological polar surface area (TPSA) is 388 Å². The summed E-state index contributed by atoms with van der Waals surface area (Å²) in [7, 11) is 0. The third-order valence-electron chi connectivity index (χ3n) is 13.6. The molecule has 700 valence electrons. The molecule has 4 aromatic carbocycles. The molecule has 0 aliphatic carbocycles. The monoisotopic (exact) mass is 1930 g/mol. The summed E-state index contributed by atoms with van der Waals surface area (Å²) in [4.78, 5) is 72.2. The van der Waals surface area contributed by atoms with E-state index in [1.807, 2.05) is 192 Å². The van der Waals surface area contributed by atoms with E-state index in [1.165, 1.54) is 73.5 Å². The van der Waals surface area contributed by atoms with E-state index in [4.69, 9.17) is 0 Å². The van der Waals surface area contributed by atoms with Crippen molar-refractivity contribution < 1.29 is 13.4 Å². The van der Waals surface area contributed by atoms with Gasteiger partial charge >= 0.3 is 0 Å². The lowest BCUT2D eigenvalue weighted by molar-refractivity contribution is 0.420. The summed E-state index contributed by atoms with van der Waals surface area (Å²) in [6.45, 7) is 0.778. The number of rotatable bonds is 0. The fourth-order valence-corrected chi connectivity index (χ4v) is 11.9. The number of furan rings is 1. The Morgan fingerprint density at radius 3 is 1.18 bits per heavy atom. The summed E-state index contributed by atoms with van der Waals surface area (Å²) in [6, 6.07) is 72.9. The molecule has 0 amide bonds. The average Bonchev–Trinajstić information content (AvgIpc) is 1.49. The van der Waals surface area contributed by atoms with Gasteiger partial charge in [0.05, 0.1) is 71.7 Å². The first-order valence-electron chi connectivity index (χ1n) is 38.9. The Kier molecular flexibility index (Phi) is 77.6. The van der Waals surface area contributed by atoms with Crippen LogP contribution in [0.25, 0.3) is 52.5 Å². The lowest BCUT2D eigenvalue weighted by atomic mass is 10.3. The van der Waals surface area contributed by atoms with E-state index in [1.54, 1.807) is 273 Å². The zero-order chi connectivity index (χ0) is 91.3. The van der Waals surface area contributed by atoms with Crippen LogP contribution in [-0.2, 0) is 0 Å². The number of aromatic nitrogens is 24. The molecule has 0 bridgehead atoms. The van der Waals surface area contributed by atoms with Crippen molar-refractivity contribution in [2.75, 3.05) is 6.54 Å². The van der Waals surface area contributed by atoms with Gasteiger partial charge in [-0.3, -0.25) is 50.0 Å². The van der Waals surface area contributed by atoms with Crippen LogP contribution in [-0.4, -0.2) is 126 Å². The summed E-state index contributed by atoms with van der Waals surface area (Å²) in [6.07, 6.45) is 67.1. The second-order valence-corrected chi connectivity index (χ2v) is 27.9. The second-order valence-electron chi connectivity index (χ2n) is 22.8. The number of fused-ring (bicyclic) bond motifs is 5. The molecule has 136 heavy (non-hydrogen) atoms. The first-order valence-corrected chi connectivity index (χ1v) is 44.3. The summed E-state index contributed by atoms with van der Waals surface area (Å²) in [5, 5.41) is 33.6. The maximum absolute atomic E-state index is 4.58. The summed E-state index contributed by atoms with van der Waals surface area (Å²) in [5.41, 5.74) is 7.02. The van der Waals surface area contributed by atoms with Crippen LogP contribution in [0.5, 0.6) is 0 Å². The summed E-state index contributed by atoms with van der Waals surface area (Å²) in [5.74, 6) is 0. The lowest BCUT2D eigenvalue weighted by Crippen LogP contribution is -1.78. The Hall–Kier alpha value is -16.8. The maximum atomic E-state index is 4.58. The van der Waals surface area contributed by atoms with Crippen molar-refractivity contribution in [2.45, 2.75) is 37.1 Å². The van der Waals surface area contributed by atoms with Crippen molar-refractivity contribution in [3.63, 3.8) is 0 Å². The minimum Gasteiger partial charge on any atom is -0.473 e. The highest BCUT2D eigenvalue weighted by Crippen LogP contribution is 2.25. The quantitative estimate of drug-likeness (QED) is 0.0941. The van der Waals surface area contributed by atoms with E-state index in [0.717, 1.165) is 28.6 Å². The lowest BCUT2D eigenvalue weighted by Gasteiger charge is -1.90. The number of nitrogens with zero attached hydrogens (tertiary/aromatic N) is 21. The van der Waals surface area contributed by atoms with E-state index in [0.29, 0.717) is 0 Å². The standard InChI is InChI=1S/C8H6N2.C8H7N.C8H6S.C7H6N2.C6H4S2.2C5H5N.4C4H4N2.C4H5N.C4H4O.C4H4S.3C3H4N2.2C3H3NO.2C3H3NS.5CH4/c1-2-4-8-7(3-1)9-5-6-10-8;2*1-2-4-8-7(3-1)5-6-9-8;1-2-4-7-6(3-1)8-5-9-7;1-3-7-6-2-4-8-5(1)6;2*1-2-4-6-5-3-1;2*1-2-6-4-3-5-1;2*1-2-5-4-6-3-1;3*1-2-4-5-3-1;1-2-5-3-4-1;2*1-2-4-5-3-1;1-2-5-3-4-1;1-2-4-5-3-1;1-2-5-3-4-1;1-2-4-5-3-1;;;;;/h1-6H;1-6,9H;1-6H;1-5H,(H,8,9);1-4H;2*1-5H;4*1-4H;1-5H;2*1-4H;1-3H,(H,4,5);1-2H,3H2;1-3H,(H,4,5);4*1-3H;5*1H4. The predicted molar refractivity (Wildman–Crippen MR) is 563 cm³/mol. The molecule has 5 N–H and O–H groups in total. The molecular weight excluding hydrogens is 1820 g/mol. The Morgan fingerprint density at radius 2 is 0.860 bits per heavy atom. The molecule has 35 heteroatoms. The van der Waals surface area contributed by atoms with Gasteiger partial charge in [-0.05, 0) is 195 Å². The highest BCUT2D eigenvalue weighted by molar-refractivity contribution is 7.25. The van der Waals surface area contributed by atoms with E-state index < -0.39 is 0 Å². The van der Waals surface area contributed by atoms with E-state index in [2.05, 4.69) is 220 Å². The second kappa shape index (κ2) is 90.1. The van der Waals surface area contributed by atoms with Crippen molar-refractivity contribution in [3.05, 3.63) is 516 Å². The van der Waals surface area contributed by atoms with Crippen LogP contribution in [0.15, 0.2) is 540 Å². The molecular formula is C101H112N26O3S6. The third kappa shape index (κ3) is 66.5. The molecule has 29 nitrogen and oxygen atoms in total. The normalized spacial score (nSPS) is 8.79. The van der Waals surface area contributed by atoms with Crippen molar-refractivity contribution in [2.24, 2.45) is 10.2 Å². The average molecular weight is 1930 g/mol. The number of nitrogens with one attached hydrogen (secondary N) is 5. The van der Waals surface area contributed by atoms with Gasteiger partial charge in [-0.15, -0.1) is 45.3 Å². The zero-order valence-corrected chi connectivity index (χ0v) is 75.2. The SMILES string of the molecule is C.C.C.C.C.C1=CN=NC1.c1c[nH]cn1.c1cc2sccc2s1.c1cc[nH]c1.c1ccc2[nH]ccc2c1.c1ccc2[nH]cnc2c1.c1ccc2nccnc2c1.c1ccc2sccc2c1.c1ccncc1.c1ccncc1.c1ccoc1.c1ccsc1.c1cn[nH]c1.c1cnccn1.c1cnccn1.c1cncnc1.c1cncnc1.c1cnoc1.c1cnsc1.c1cocn1.c1cscn1. The molecule has 25 aromatic rings. The van der Waals surface area contributed by atoms with Gasteiger partial charge in [0, 0.05) is 204 Å². The van der Waals surface area contributed by atoms with Crippen molar-refractivity contribution >= 4 is 121 Å². The van der Waals surface area contributed by atoms with Gasteiger partial charge in [-0.1, -0.05) is 127 Å². The van der Waals surface area contributed by atoms with Gasteiger partial charge in [0.25, 0.3) is 0 Å². The van der Waals surface area contributed by atoms with Crippen LogP contribution in [0.1, 0.15) is 37.1 Å². The van der Waals surface area contributed by atoms with E-state index in [9.17, 15) is 0 Å². The fourth-order valence-electron chi connectivity index (χ4n) is 8.13. The predicted octanol–water partition coefficient (Wildman–Crippen LogP) is 27.9. The van der Waals surface area contributed by atoms with Gasteiger partial charge in [0.2, 0.25) is 0 Å². The zero-order valence-electron chi connectivity index (χ0n) is 70.3. The number of hydrogen-bond acceptors (Lipinski definition) is 30. The smallest absolute Gasteiger partial charge is 0.180 e. The van der Waals surface area contributed by atoms with Gasteiger partial charge in [-0.25, -0.2) is 39.3 Å². The minimum atomic E-state index is 0. The number of azo groups is 1. The molecule has 22 heterocycles. The first-order chi connectivity index (χ1) is 65.3. The Bertz CT molecular complexity index is 5000. The molecule has 21 aromatic heterocycles. The molecule has 0 unspecified atom stereocenters. The number of thiophene rings is 4. The number of H-pyrrole nitrogens is 5. The Balaban J connectivity index is 0.000000716. The number of oxazole rings is 1. The van der Waals surface area contributed by atoms with E-state index in [-0.39, 0.29) is 37.1 Å². The summed E-state index contributed by atoms with van der Waals surface area (Å²) < 4.78 is 21.3. The molecule has 26 rings (SSSR count). The number of benzene rings is 4. The molecule has 1 aliphatic rings. The minimum absolute atomic E-state index is 0. The summed E-state index contributed by atoms with van der Waals surface area (Å²) >= 11 is 10.2. The number of pyridine rings is 2. The van der Waals surface area contributed by atoms with Crippen LogP contribution >= 0.6 is 68.2 Å². The molecule has 0 atom stereocenters. The van der Waals surface area contributed by atoms with Gasteiger partial charge in [0.15, 0.2) is 6.39 Å². The first kappa shape index (κ1) is 117. The van der Waals surface area contributed by atoms with Gasteiger partial charge in [-0.2, -0.15) is 26.7 Å². The Morgan fingerprint density at radius 1 is 0.294 bits per heavy atom. The number of para-hydroxylation sites is 5. The fraction of sp³-hybridized carbons (Fsp3) is 0.0594. The van der Waals surface area contributed by atoms with Gasteiger partial charge < -0.3 is 33.3 Å². The van der Waals surface area contributed by atoms with Gasteiger partial charge in [0.1, 0.15) is 25.2 Å². The molecule has 0 fully saturated rings. The number of thiazole rings is 1. The maximum Gasteiger partial charge on any atom is 0.180 e. The number of hydrogen-bond donors (Lipinski definition) is 5. The van der Waals surface area contributed by atoms with Crippen molar-refractivity contribution in [3.8, 4) is 0 Å². The number of aromatic amines is 5. The van der Waals surface area contributed by atoms with Crippen molar-refractivity contribution in [1.29, 1.82) is 0 Å². The number of imidazole rings is 2. The molecule has 0 spiro atoms. The molecule has 0 radical (unpaired) electrons. The molecule has 0 saturated carbocycles. The highest BCUT2D eigenvalue weighted by Gasteiger charge is 1.93. The third-order valence-corrected chi connectivity index (χ3v) is 18.1. The largest absolute Gasteiger partial charge is 0.473 e. The van der Waals surface area contributed by atoms with Crippen LogP contribution in [0.3, 0.4) is 0 Å².